The van der Waals surface area contributed by atoms with Crippen molar-refractivity contribution in [3.63, 3.8) is 0 Å². The van der Waals surface area contributed by atoms with Gasteiger partial charge in [-0.1, -0.05) is 37.5 Å². The summed E-state index contributed by atoms with van der Waals surface area (Å²) in [5, 5.41) is 3.30. The van der Waals surface area contributed by atoms with Gasteiger partial charge in [0.05, 0.1) is 0 Å². The molecule has 1 aromatic carbocycles. The fraction of sp³-hybridized carbons (Fsp3) is 0.625. The predicted octanol–water partition coefficient (Wildman–Crippen LogP) is 2.31. The quantitative estimate of drug-likeness (QED) is 0.848. The Morgan fingerprint density at radius 1 is 1.17 bits per heavy atom. The molecule has 0 radical (unpaired) electrons. The van der Waals surface area contributed by atoms with Crippen molar-refractivity contribution in [3.8, 4) is 0 Å². The fourth-order valence-electron chi connectivity index (χ4n) is 3.38. The number of nitrogens with zero attached hydrogens (tertiary/aromatic N) is 1. The highest BCUT2D eigenvalue weighted by Gasteiger charge is 2.27. The SMILES string of the molecule is CN(C1CCCCC1)S(=O)(=O)NCc1ccc2c(c1)CNC2.Cl. The summed E-state index contributed by atoms with van der Waals surface area (Å²) in [6.07, 6.45) is 5.43. The average Bonchev–Trinajstić information content (AvgIpc) is 3.01. The number of hydrogen-bond donors (Lipinski definition) is 2. The van der Waals surface area contributed by atoms with Crippen molar-refractivity contribution in [2.75, 3.05) is 7.05 Å². The number of benzene rings is 1. The summed E-state index contributed by atoms with van der Waals surface area (Å²) in [5.74, 6) is 0. The second-order valence-corrected chi connectivity index (χ2v) is 8.16. The van der Waals surface area contributed by atoms with Crippen LogP contribution in [0, 0.1) is 0 Å². The van der Waals surface area contributed by atoms with E-state index in [1.165, 1.54) is 21.9 Å². The van der Waals surface area contributed by atoms with E-state index in [2.05, 4.69) is 22.2 Å². The maximum Gasteiger partial charge on any atom is 0.279 e. The van der Waals surface area contributed by atoms with E-state index >= 15 is 0 Å². The standard InChI is InChI=1S/C16H25N3O2S.ClH/c1-19(16-5-3-2-4-6-16)22(20,21)18-10-13-7-8-14-11-17-12-15(14)9-13;/h7-9,16-18H,2-6,10-12H2,1H3;1H. The van der Waals surface area contributed by atoms with Gasteiger partial charge in [-0.25, -0.2) is 0 Å². The van der Waals surface area contributed by atoms with Crippen LogP contribution < -0.4 is 10.0 Å². The van der Waals surface area contributed by atoms with E-state index < -0.39 is 10.2 Å². The maximum atomic E-state index is 12.4. The topological polar surface area (TPSA) is 61.4 Å². The molecule has 2 aliphatic rings. The molecule has 130 valence electrons. The molecule has 1 saturated carbocycles. The summed E-state index contributed by atoms with van der Waals surface area (Å²) in [5.41, 5.74) is 3.60. The van der Waals surface area contributed by atoms with Gasteiger partial charge in [0.25, 0.3) is 10.2 Å². The van der Waals surface area contributed by atoms with Gasteiger partial charge in [0, 0.05) is 32.7 Å². The zero-order valence-electron chi connectivity index (χ0n) is 13.5. The number of rotatable bonds is 5. The molecule has 0 spiro atoms. The second kappa shape index (κ2) is 7.94. The molecule has 1 aliphatic carbocycles. The lowest BCUT2D eigenvalue weighted by Gasteiger charge is -2.30. The van der Waals surface area contributed by atoms with E-state index in [1.54, 1.807) is 7.05 Å². The summed E-state index contributed by atoms with van der Waals surface area (Å²) in [6.45, 7) is 2.14. The van der Waals surface area contributed by atoms with Crippen molar-refractivity contribution >= 4 is 22.6 Å². The molecule has 1 aromatic rings. The first-order valence-corrected chi connectivity index (χ1v) is 9.54. The van der Waals surface area contributed by atoms with Gasteiger partial charge in [-0.3, -0.25) is 0 Å². The molecule has 0 amide bonds. The van der Waals surface area contributed by atoms with Crippen molar-refractivity contribution in [2.24, 2.45) is 0 Å². The molecular formula is C16H26ClN3O2S. The zero-order valence-corrected chi connectivity index (χ0v) is 15.2. The van der Waals surface area contributed by atoms with Gasteiger partial charge in [-0.2, -0.15) is 17.4 Å². The highest BCUT2D eigenvalue weighted by Crippen LogP contribution is 2.23. The van der Waals surface area contributed by atoms with Crippen LogP contribution in [-0.4, -0.2) is 25.8 Å². The van der Waals surface area contributed by atoms with E-state index in [0.717, 1.165) is 44.3 Å². The van der Waals surface area contributed by atoms with E-state index in [0.29, 0.717) is 6.54 Å². The molecule has 2 N–H and O–H groups in total. The van der Waals surface area contributed by atoms with Crippen LogP contribution in [0.15, 0.2) is 18.2 Å². The Morgan fingerprint density at radius 2 is 1.87 bits per heavy atom. The molecule has 0 saturated heterocycles. The van der Waals surface area contributed by atoms with Crippen LogP contribution in [0.2, 0.25) is 0 Å². The lowest BCUT2D eigenvalue weighted by Crippen LogP contribution is -2.44. The third-order valence-corrected chi connectivity index (χ3v) is 6.39. The summed E-state index contributed by atoms with van der Waals surface area (Å²) in [4.78, 5) is 0. The molecule has 1 fully saturated rings. The van der Waals surface area contributed by atoms with Crippen LogP contribution in [0.3, 0.4) is 0 Å². The fourth-order valence-corrected chi connectivity index (χ4v) is 4.53. The van der Waals surface area contributed by atoms with Gasteiger partial charge < -0.3 is 5.32 Å². The smallest absolute Gasteiger partial charge is 0.279 e. The van der Waals surface area contributed by atoms with Gasteiger partial charge in [-0.15, -0.1) is 12.4 Å². The molecule has 0 unspecified atom stereocenters. The first-order valence-electron chi connectivity index (χ1n) is 8.10. The number of hydrogen-bond acceptors (Lipinski definition) is 3. The monoisotopic (exact) mass is 359 g/mol. The molecule has 1 aliphatic heterocycles. The minimum atomic E-state index is -3.40. The van der Waals surface area contributed by atoms with Crippen LogP contribution in [0.1, 0.15) is 48.8 Å². The Hall–Kier alpha value is -0.660. The summed E-state index contributed by atoms with van der Waals surface area (Å²) in [6, 6.07) is 6.34. The summed E-state index contributed by atoms with van der Waals surface area (Å²) < 4.78 is 29.1. The minimum absolute atomic E-state index is 0. The Bertz CT molecular complexity index is 630. The van der Waals surface area contributed by atoms with Crippen molar-refractivity contribution in [2.45, 2.75) is 57.8 Å². The summed E-state index contributed by atoms with van der Waals surface area (Å²) >= 11 is 0. The second-order valence-electron chi connectivity index (χ2n) is 6.34. The molecule has 1 heterocycles. The molecule has 0 atom stereocenters. The Balaban J connectivity index is 0.00000192. The van der Waals surface area contributed by atoms with E-state index in [9.17, 15) is 8.42 Å². The van der Waals surface area contributed by atoms with Crippen LogP contribution in [0.5, 0.6) is 0 Å². The van der Waals surface area contributed by atoms with E-state index in [1.807, 2.05) is 6.07 Å². The van der Waals surface area contributed by atoms with Gasteiger partial charge in [0.1, 0.15) is 0 Å². The lowest BCUT2D eigenvalue weighted by atomic mass is 9.96. The Morgan fingerprint density at radius 3 is 2.61 bits per heavy atom. The largest absolute Gasteiger partial charge is 0.309 e. The number of fused-ring (bicyclic) bond motifs is 1. The molecule has 0 bridgehead atoms. The lowest BCUT2D eigenvalue weighted by molar-refractivity contribution is 0.283. The van der Waals surface area contributed by atoms with Gasteiger partial charge in [0.2, 0.25) is 0 Å². The molecule has 5 nitrogen and oxygen atoms in total. The predicted molar refractivity (Wildman–Crippen MR) is 94.6 cm³/mol. The number of nitrogens with one attached hydrogen (secondary N) is 2. The zero-order chi connectivity index (χ0) is 15.6. The van der Waals surface area contributed by atoms with Gasteiger partial charge >= 0.3 is 0 Å². The maximum absolute atomic E-state index is 12.4. The summed E-state index contributed by atoms with van der Waals surface area (Å²) in [7, 11) is -1.71. The first kappa shape index (κ1) is 18.7. The molecule has 7 heteroatoms. The van der Waals surface area contributed by atoms with Crippen LogP contribution in [0.25, 0.3) is 0 Å². The van der Waals surface area contributed by atoms with Gasteiger partial charge in [-0.05, 0) is 29.5 Å². The van der Waals surface area contributed by atoms with Crippen molar-refractivity contribution < 1.29 is 8.42 Å². The Labute approximate surface area is 145 Å². The van der Waals surface area contributed by atoms with E-state index in [4.69, 9.17) is 0 Å². The van der Waals surface area contributed by atoms with Crippen LogP contribution in [0.4, 0.5) is 0 Å². The van der Waals surface area contributed by atoms with Gasteiger partial charge in [0.15, 0.2) is 0 Å². The third kappa shape index (κ3) is 4.45. The van der Waals surface area contributed by atoms with Crippen LogP contribution >= 0.6 is 12.4 Å². The van der Waals surface area contributed by atoms with Crippen LogP contribution in [-0.2, 0) is 29.8 Å². The average molecular weight is 360 g/mol. The minimum Gasteiger partial charge on any atom is -0.309 e. The normalized spacial score (nSPS) is 18.7. The van der Waals surface area contributed by atoms with Crippen molar-refractivity contribution in [1.82, 2.24) is 14.3 Å². The first-order chi connectivity index (χ1) is 10.6. The number of halogens is 1. The van der Waals surface area contributed by atoms with Crippen molar-refractivity contribution in [3.05, 3.63) is 34.9 Å². The molecule has 0 aromatic heterocycles. The molecule has 3 rings (SSSR count). The highest BCUT2D eigenvalue weighted by molar-refractivity contribution is 7.87. The van der Waals surface area contributed by atoms with E-state index in [-0.39, 0.29) is 18.4 Å². The molecule has 23 heavy (non-hydrogen) atoms. The molecular weight excluding hydrogens is 334 g/mol. The Kier molecular flexibility index (Phi) is 6.45. The third-order valence-electron chi connectivity index (χ3n) is 4.83. The highest BCUT2D eigenvalue weighted by atomic mass is 35.5. The van der Waals surface area contributed by atoms with Crippen molar-refractivity contribution in [1.29, 1.82) is 0 Å².